The van der Waals surface area contributed by atoms with Crippen LogP contribution in [0.4, 0.5) is 4.39 Å². The lowest BCUT2D eigenvalue weighted by atomic mass is 10.2. The van der Waals surface area contributed by atoms with Gasteiger partial charge in [0.05, 0.1) is 6.54 Å². The second kappa shape index (κ2) is 12.5. The summed E-state index contributed by atoms with van der Waals surface area (Å²) in [6, 6.07) is 8.11. The molecule has 2 aromatic rings. The molecule has 0 bridgehead atoms. The van der Waals surface area contributed by atoms with Crippen molar-refractivity contribution in [2.45, 2.75) is 32.4 Å². The number of guanidine groups is 1. The van der Waals surface area contributed by atoms with Gasteiger partial charge in [0.15, 0.2) is 5.96 Å². The van der Waals surface area contributed by atoms with E-state index >= 15 is 0 Å². The summed E-state index contributed by atoms with van der Waals surface area (Å²) in [4.78, 5) is 4.21. The van der Waals surface area contributed by atoms with Gasteiger partial charge < -0.3 is 15.4 Å². The second-order valence-electron chi connectivity index (χ2n) is 5.61. The molecule has 0 saturated heterocycles. The van der Waals surface area contributed by atoms with Crippen molar-refractivity contribution in [3.05, 3.63) is 48.5 Å². The number of benzene rings is 1. The first-order valence-corrected chi connectivity index (χ1v) is 8.55. The monoisotopic (exact) mass is 475 g/mol. The van der Waals surface area contributed by atoms with E-state index in [4.69, 9.17) is 4.74 Å². The molecular formula is C18H27FIN5O. The molecule has 1 atom stereocenters. The Hall–Kier alpha value is -1.84. The highest BCUT2D eigenvalue weighted by molar-refractivity contribution is 14.0. The Morgan fingerprint density at radius 1 is 1.35 bits per heavy atom. The molecule has 1 heterocycles. The Labute approximate surface area is 171 Å². The Bertz CT molecular complexity index is 651. The Kier molecular flexibility index (Phi) is 10.7. The Morgan fingerprint density at radius 3 is 2.85 bits per heavy atom. The number of hydrogen-bond acceptors (Lipinski definition) is 3. The van der Waals surface area contributed by atoms with Gasteiger partial charge in [-0.05, 0) is 31.0 Å². The lowest BCUT2D eigenvalue weighted by molar-refractivity contribution is 0.199. The van der Waals surface area contributed by atoms with Crippen LogP contribution in [0.1, 0.15) is 19.8 Å². The van der Waals surface area contributed by atoms with Gasteiger partial charge in [0.2, 0.25) is 0 Å². The molecule has 2 N–H and O–H groups in total. The van der Waals surface area contributed by atoms with E-state index in [1.54, 1.807) is 25.4 Å². The minimum Gasteiger partial charge on any atom is -0.489 e. The predicted molar refractivity (Wildman–Crippen MR) is 113 cm³/mol. The predicted octanol–water partition coefficient (Wildman–Crippen LogP) is 3.05. The van der Waals surface area contributed by atoms with Gasteiger partial charge in [-0.2, -0.15) is 5.10 Å². The van der Waals surface area contributed by atoms with Crippen molar-refractivity contribution < 1.29 is 9.13 Å². The summed E-state index contributed by atoms with van der Waals surface area (Å²) < 4.78 is 21.0. The number of aliphatic imine (C=N–C) groups is 1. The van der Waals surface area contributed by atoms with Crippen LogP contribution < -0.4 is 15.4 Å². The molecule has 1 aromatic carbocycles. The van der Waals surface area contributed by atoms with Crippen LogP contribution in [0.3, 0.4) is 0 Å². The maximum absolute atomic E-state index is 13.2. The Morgan fingerprint density at radius 2 is 2.19 bits per heavy atom. The van der Waals surface area contributed by atoms with E-state index in [0.717, 1.165) is 31.9 Å². The van der Waals surface area contributed by atoms with E-state index < -0.39 is 0 Å². The third kappa shape index (κ3) is 8.03. The second-order valence-corrected chi connectivity index (χ2v) is 5.61. The third-order valence-electron chi connectivity index (χ3n) is 3.69. The molecule has 0 saturated carbocycles. The minimum atomic E-state index is -0.296. The van der Waals surface area contributed by atoms with Crippen molar-refractivity contribution in [1.29, 1.82) is 0 Å². The van der Waals surface area contributed by atoms with E-state index in [2.05, 4.69) is 20.7 Å². The molecule has 0 spiro atoms. The SMILES string of the molecule is CCC(CNC(=NC)NCCCn1cccn1)Oc1cccc(F)c1.I. The lowest BCUT2D eigenvalue weighted by Crippen LogP contribution is -2.42. The Balaban J connectivity index is 0.00000338. The number of aryl methyl sites for hydroxylation is 1. The highest BCUT2D eigenvalue weighted by atomic mass is 127. The normalized spacial score (nSPS) is 12.2. The van der Waals surface area contributed by atoms with Gasteiger partial charge in [-0.3, -0.25) is 9.67 Å². The largest absolute Gasteiger partial charge is 0.489 e. The van der Waals surface area contributed by atoms with E-state index in [1.807, 2.05) is 23.9 Å². The zero-order chi connectivity index (χ0) is 17.9. The number of nitrogens with zero attached hydrogens (tertiary/aromatic N) is 3. The van der Waals surface area contributed by atoms with E-state index in [1.165, 1.54) is 12.1 Å². The average Bonchev–Trinajstić information content (AvgIpc) is 3.13. The van der Waals surface area contributed by atoms with Crippen molar-refractivity contribution in [1.82, 2.24) is 20.4 Å². The standard InChI is InChI=1S/C18H26FN5O.HI/c1-3-16(25-17-8-4-7-15(19)13-17)14-22-18(20-2)21-9-5-11-24-12-6-10-23-24;/h4,6-8,10,12-13,16H,3,5,9,11,14H2,1-2H3,(H2,20,21,22);1H. The van der Waals surface area contributed by atoms with Crippen LogP contribution in [0.25, 0.3) is 0 Å². The quantitative estimate of drug-likeness (QED) is 0.253. The molecule has 0 radical (unpaired) electrons. The van der Waals surface area contributed by atoms with E-state index in [-0.39, 0.29) is 35.9 Å². The smallest absolute Gasteiger partial charge is 0.191 e. The zero-order valence-electron chi connectivity index (χ0n) is 15.2. The average molecular weight is 475 g/mol. The summed E-state index contributed by atoms with van der Waals surface area (Å²) in [5.74, 6) is 0.965. The summed E-state index contributed by atoms with van der Waals surface area (Å²) >= 11 is 0. The molecule has 0 fully saturated rings. The summed E-state index contributed by atoms with van der Waals surface area (Å²) in [7, 11) is 1.73. The first-order chi connectivity index (χ1) is 12.2. The van der Waals surface area contributed by atoms with Crippen molar-refractivity contribution in [2.75, 3.05) is 20.1 Å². The fourth-order valence-electron chi connectivity index (χ4n) is 2.31. The van der Waals surface area contributed by atoms with Crippen LogP contribution in [0.5, 0.6) is 5.75 Å². The maximum Gasteiger partial charge on any atom is 0.191 e. The van der Waals surface area contributed by atoms with E-state index in [9.17, 15) is 4.39 Å². The van der Waals surface area contributed by atoms with Gasteiger partial charge in [0, 0.05) is 38.6 Å². The maximum atomic E-state index is 13.2. The van der Waals surface area contributed by atoms with E-state index in [0.29, 0.717) is 12.3 Å². The van der Waals surface area contributed by atoms with Gasteiger partial charge in [0.25, 0.3) is 0 Å². The molecule has 144 valence electrons. The summed E-state index contributed by atoms with van der Waals surface area (Å²) in [6.45, 7) is 4.27. The molecule has 0 aliphatic heterocycles. The summed E-state index contributed by atoms with van der Waals surface area (Å²) in [5, 5.41) is 10.7. The molecule has 6 nitrogen and oxygen atoms in total. The minimum absolute atomic E-state index is 0. The highest BCUT2D eigenvalue weighted by Gasteiger charge is 2.09. The first kappa shape index (κ1) is 22.2. The number of ether oxygens (including phenoxy) is 1. The molecule has 0 amide bonds. The van der Waals surface area contributed by atoms with Gasteiger partial charge in [-0.25, -0.2) is 4.39 Å². The van der Waals surface area contributed by atoms with Crippen molar-refractivity contribution in [3.8, 4) is 5.75 Å². The summed E-state index contributed by atoms with van der Waals surface area (Å²) in [6.07, 6.45) is 5.41. The number of nitrogens with one attached hydrogen (secondary N) is 2. The van der Waals surface area contributed by atoms with Crippen LogP contribution >= 0.6 is 24.0 Å². The molecule has 2 rings (SSSR count). The molecular weight excluding hydrogens is 448 g/mol. The number of hydrogen-bond donors (Lipinski definition) is 2. The topological polar surface area (TPSA) is 63.5 Å². The lowest BCUT2D eigenvalue weighted by Gasteiger charge is -2.20. The van der Waals surface area contributed by atoms with Crippen LogP contribution in [0.15, 0.2) is 47.7 Å². The van der Waals surface area contributed by atoms with Gasteiger partial charge >= 0.3 is 0 Å². The zero-order valence-corrected chi connectivity index (χ0v) is 17.5. The molecule has 1 unspecified atom stereocenters. The molecule has 8 heteroatoms. The molecule has 1 aromatic heterocycles. The van der Waals surface area contributed by atoms with Crippen LogP contribution in [0, 0.1) is 5.82 Å². The number of rotatable bonds is 9. The fraction of sp³-hybridized carbons (Fsp3) is 0.444. The number of aromatic nitrogens is 2. The van der Waals surface area contributed by atoms with Gasteiger partial charge in [-0.15, -0.1) is 24.0 Å². The van der Waals surface area contributed by atoms with Crippen LogP contribution in [-0.2, 0) is 6.54 Å². The van der Waals surface area contributed by atoms with Crippen molar-refractivity contribution in [2.24, 2.45) is 4.99 Å². The number of halogens is 2. The van der Waals surface area contributed by atoms with Crippen LogP contribution in [0.2, 0.25) is 0 Å². The molecule has 0 aliphatic rings. The van der Waals surface area contributed by atoms with Crippen molar-refractivity contribution in [3.63, 3.8) is 0 Å². The highest BCUT2D eigenvalue weighted by Crippen LogP contribution is 2.14. The van der Waals surface area contributed by atoms with Crippen molar-refractivity contribution >= 4 is 29.9 Å². The first-order valence-electron chi connectivity index (χ1n) is 8.55. The van der Waals surface area contributed by atoms with Gasteiger partial charge in [0.1, 0.15) is 17.7 Å². The molecule has 0 aliphatic carbocycles. The van der Waals surface area contributed by atoms with Crippen LogP contribution in [-0.4, -0.2) is 42.0 Å². The fourth-order valence-corrected chi connectivity index (χ4v) is 2.31. The molecule has 26 heavy (non-hydrogen) atoms. The summed E-state index contributed by atoms with van der Waals surface area (Å²) in [5.41, 5.74) is 0. The van der Waals surface area contributed by atoms with Gasteiger partial charge in [-0.1, -0.05) is 13.0 Å². The third-order valence-corrected chi connectivity index (χ3v) is 3.69.